The molecular weight excluding hydrogens is 280 g/mol. The van der Waals surface area contributed by atoms with Crippen molar-refractivity contribution in [2.45, 2.75) is 26.8 Å². The van der Waals surface area contributed by atoms with Gasteiger partial charge >= 0.3 is 0 Å². The number of hydrogen-bond acceptors (Lipinski definition) is 6. The minimum absolute atomic E-state index is 0.0156. The second-order valence-corrected chi connectivity index (χ2v) is 5.13. The van der Waals surface area contributed by atoms with Gasteiger partial charge in [0.15, 0.2) is 5.82 Å². The molecule has 7 heteroatoms. The molecule has 3 heterocycles. The van der Waals surface area contributed by atoms with Crippen molar-refractivity contribution in [1.29, 1.82) is 0 Å². The molecule has 1 aliphatic heterocycles. The summed E-state index contributed by atoms with van der Waals surface area (Å²) in [7, 11) is 0. The Hall–Kier alpha value is -2.83. The molecule has 7 nitrogen and oxygen atoms in total. The summed E-state index contributed by atoms with van der Waals surface area (Å²) in [5.74, 6) is 1.15. The van der Waals surface area contributed by atoms with Gasteiger partial charge < -0.3 is 22.1 Å². The summed E-state index contributed by atoms with van der Waals surface area (Å²) in [4.78, 5) is 19.4. The number of nitrogen functional groups attached to an aromatic ring is 2. The van der Waals surface area contributed by atoms with Crippen LogP contribution in [-0.2, 0) is 4.79 Å². The fraction of sp³-hybridized carbons (Fsp3) is 0.267. The third-order valence-corrected chi connectivity index (χ3v) is 3.14. The number of carbonyl (C=O) groups excluding carboxylic acids is 1. The molecule has 116 valence electrons. The molecule has 1 atom stereocenters. The van der Waals surface area contributed by atoms with E-state index >= 15 is 0 Å². The van der Waals surface area contributed by atoms with Crippen molar-refractivity contribution in [2.75, 3.05) is 22.1 Å². The Labute approximate surface area is 129 Å². The predicted octanol–water partition coefficient (Wildman–Crippen LogP) is 1.70. The van der Waals surface area contributed by atoms with Crippen molar-refractivity contribution >= 4 is 28.9 Å². The van der Waals surface area contributed by atoms with Crippen molar-refractivity contribution in [3.8, 4) is 0 Å². The number of nitrogens with two attached hydrogens (primary N) is 2. The first-order valence-electron chi connectivity index (χ1n) is 6.90. The lowest BCUT2D eigenvalue weighted by Crippen LogP contribution is -2.36. The van der Waals surface area contributed by atoms with E-state index in [1.807, 2.05) is 39.0 Å². The molecule has 2 aromatic heterocycles. The van der Waals surface area contributed by atoms with Crippen LogP contribution in [-0.4, -0.2) is 21.9 Å². The van der Waals surface area contributed by atoms with Gasteiger partial charge in [0.2, 0.25) is 5.91 Å². The average molecular weight is 300 g/mol. The van der Waals surface area contributed by atoms with Crippen LogP contribution >= 0.6 is 0 Å². The Morgan fingerprint density at radius 2 is 1.68 bits per heavy atom. The molecule has 0 bridgehead atoms. The standard InChI is InChI=1S/C9H11N3O.C6H9N3/c1-5-3-4-7-8(10-5)11-6(2)9(13)12-7;1-4-2-3-5(7)6(8)9-4/h3-4,6H,1-2H3,(H,10,11)(H,12,13);2-3H,7H2,1H3,(H2,8,9). The van der Waals surface area contributed by atoms with Crippen LogP contribution in [0, 0.1) is 13.8 Å². The maximum Gasteiger partial charge on any atom is 0.246 e. The third kappa shape index (κ3) is 3.63. The van der Waals surface area contributed by atoms with E-state index in [1.165, 1.54) is 0 Å². The zero-order valence-electron chi connectivity index (χ0n) is 12.8. The van der Waals surface area contributed by atoms with Gasteiger partial charge in [-0.15, -0.1) is 0 Å². The van der Waals surface area contributed by atoms with Crippen LogP contribution < -0.4 is 22.1 Å². The molecule has 0 aliphatic carbocycles. The topological polar surface area (TPSA) is 119 Å². The zero-order valence-corrected chi connectivity index (χ0v) is 12.8. The molecule has 0 saturated heterocycles. The second kappa shape index (κ2) is 6.30. The van der Waals surface area contributed by atoms with E-state index in [0.29, 0.717) is 11.5 Å². The summed E-state index contributed by atoms with van der Waals surface area (Å²) in [5.41, 5.74) is 13.9. The van der Waals surface area contributed by atoms with Gasteiger partial charge in [-0.2, -0.15) is 0 Å². The Balaban J connectivity index is 0.000000172. The van der Waals surface area contributed by atoms with Gasteiger partial charge in [-0.05, 0) is 45.0 Å². The highest BCUT2D eigenvalue weighted by atomic mass is 16.2. The van der Waals surface area contributed by atoms with Gasteiger partial charge in [0, 0.05) is 11.4 Å². The summed E-state index contributed by atoms with van der Waals surface area (Å²) in [6, 6.07) is 7.09. The minimum atomic E-state index is -0.207. The van der Waals surface area contributed by atoms with Crippen LogP contribution in [0.2, 0.25) is 0 Å². The summed E-state index contributed by atoms with van der Waals surface area (Å²) in [5, 5.41) is 5.80. The zero-order chi connectivity index (χ0) is 16.3. The molecule has 3 rings (SSSR count). The van der Waals surface area contributed by atoms with Gasteiger partial charge in [-0.25, -0.2) is 9.97 Å². The third-order valence-electron chi connectivity index (χ3n) is 3.14. The van der Waals surface area contributed by atoms with Crippen molar-refractivity contribution in [2.24, 2.45) is 0 Å². The van der Waals surface area contributed by atoms with Crippen LogP contribution in [0.15, 0.2) is 24.3 Å². The maximum atomic E-state index is 11.2. The van der Waals surface area contributed by atoms with Gasteiger partial charge in [0.25, 0.3) is 0 Å². The van der Waals surface area contributed by atoms with Gasteiger partial charge in [0.1, 0.15) is 11.9 Å². The number of fused-ring (bicyclic) bond motifs is 1. The van der Waals surface area contributed by atoms with Crippen LogP contribution in [0.25, 0.3) is 0 Å². The number of aryl methyl sites for hydroxylation is 2. The Morgan fingerprint density at radius 1 is 1.05 bits per heavy atom. The molecule has 0 aromatic carbocycles. The molecule has 22 heavy (non-hydrogen) atoms. The van der Waals surface area contributed by atoms with Gasteiger partial charge in [-0.3, -0.25) is 4.79 Å². The molecule has 1 aliphatic rings. The summed E-state index contributed by atoms with van der Waals surface area (Å²) >= 11 is 0. The minimum Gasteiger partial charge on any atom is -0.396 e. The van der Waals surface area contributed by atoms with E-state index in [0.717, 1.165) is 22.9 Å². The molecule has 0 spiro atoms. The van der Waals surface area contributed by atoms with Crippen molar-refractivity contribution < 1.29 is 4.79 Å². The molecule has 0 saturated carbocycles. The molecule has 0 fully saturated rings. The van der Waals surface area contributed by atoms with Gasteiger partial charge in [0.05, 0.1) is 11.4 Å². The van der Waals surface area contributed by atoms with Crippen LogP contribution in [0.3, 0.4) is 0 Å². The highest BCUT2D eigenvalue weighted by Crippen LogP contribution is 2.24. The van der Waals surface area contributed by atoms with Crippen LogP contribution in [0.5, 0.6) is 0 Å². The normalized spacial score (nSPS) is 15.8. The number of rotatable bonds is 0. The SMILES string of the molecule is Cc1ccc(N)c(N)n1.Cc1ccc2c(n1)NC(C)C(=O)N2. The molecule has 1 amide bonds. The molecule has 6 N–H and O–H groups in total. The number of nitrogens with one attached hydrogen (secondary N) is 2. The van der Waals surface area contributed by atoms with Crippen molar-refractivity contribution in [1.82, 2.24) is 9.97 Å². The number of carbonyl (C=O) groups is 1. The molecular formula is C15H20N6O. The average Bonchev–Trinajstić information content (AvgIpc) is 2.46. The lowest BCUT2D eigenvalue weighted by Gasteiger charge is -2.23. The summed E-state index contributed by atoms with van der Waals surface area (Å²) in [6.45, 7) is 5.60. The van der Waals surface area contributed by atoms with E-state index in [2.05, 4.69) is 20.6 Å². The highest BCUT2D eigenvalue weighted by Gasteiger charge is 2.21. The van der Waals surface area contributed by atoms with Crippen LogP contribution in [0.4, 0.5) is 23.0 Å². The van der Waals surface area contributed by atoms with E-state index in [1.54, 1.807) is 6.07 Å². The number of aromatic nitrogens is 2. The summed E-state index contributed by atoms with van der Waals surface area (Å²) < 4.78 is 0. The van der Waals surface area contributed by atoms with E-state index < -0.39 is 0 Å². The first-order valence-corrected chi connectivity index (χ1v) is 6.90. The number of amides is 1. The molecule has 2 aromatic rings. The molecule has 1 unspecified atom stereocenters. The van der Waals surface area contributed by atoms with Gasteiger partial charge in [-0.1, -0.05) is 0 Å². The van der Waals surface area contributed by atoms with Crippen molar-refractivity contribution in [3.05, 3.63) is 35.7 Å². The van der Waals surface area contributed by atoms with E-state index in [9.17, 15) is 4.79 Å². The maximum absolute atomic E-state index is 11.2. The number of anilines is 4. The summed E-state index contributed by atoms with van der Waals surface area (Å²) in [6.07, 6.45) is 0. The monoisotopic (exact) mass is 300 g/mol. The Bertz CT molecular complexity index is 700. The smallest absolute Gasteiger partial charge is 0.246 e. The fourth-order valence-electron chi connectivity index (χ4n) is 1.87. The lowest BCUT2D eigenvalue weighted by atomic mass is 10.2. The number of hydrogen-bond donors (Lipinski definition) is 4. The largest absolute Gasteiger partial charge is 0.396 e. The van der Waals surface area contributed by atoms with Crippen LogP contribution in [0.1, 0.15) is 18.3 Å². The first kappa shape index (κ1) is 15.6. The van der Waals surface area contributed by atoms with E-state index in [4.69, 9.17) is 11.5 Å². The second-order valence-electron chi connectivity index (χ2n) is 5.13. The van der Waals surface area contributed by atoms with E-state index in [-0.39, 0.29) is 11.9 Å². The predicted molar refractivity (Wildman–Crippen MR) is 88.5 cm³/mol. The lowest BCUT2D eigenvalue weighted by molar-refractivity contribution is -0.116. The Morgan fingerprint density at radius 3 is 2.32 bits per heavy atom. The fourth-order valence-corrected chi connectivity index (χ4v) is 1.87. The number of nitrogens with zero attached hydrogens (tertiary/aromatic N) is 2. The van der Waals surface area contributed by atoms with Crippen molar-refractivity contribution in [3.63, 3.8) is 0 Å². The molecule has 0 radical (unpaired) electrons. The quantitative estimate of drug-likeness (QED) is 0.588. The highest BCUT2D eigenvalue weighted by molar-refractivity contribution is 6.01. The Kier molecular flexibility index (Phi) is 4.45. The number of pyridine rings is 2. The first-order chi connectivity index (χ1) is 10.4.